The molecule has 1 N–H and O–H groups in total. The zero-order valence-corrected chi connectivity index (χ0v) is 30.7. The van der Waals surface area contributed by atoms with E-state index < -0.39 is 72.3 Å². The van der Waals surface area contributed by atoms with Gasteiger partial charge in [0.15, 0.2) is 0 Å². The number of benzene rings is 2. The predicted molar refractivity (Wildman–Crippen MR) is 190 cm³/mol. The molecule has 6 amide bonds. The highest BCUT2D eigenvalue weighted by Crippen LogP contribution is 2.37. The van der Waals surface area contributed by atoms with E-state index in [1.165, 1.54) is 16.0 Å². The fraction of sp³-hybridized carbons (Fsp3) is 0.421. The summed E-state index contributed by atoms with van der Waals surface area (Å²) >= 11 is 6.12. The highest BCUT2D eigenvalue weighted by atomic mass is 35.5. The number of piperazine rings is 1. The molecule has 3 aliphatic rings. The third kappa shape index (κ3) is 8.30. The zero-order chi connectivity index (χ0) is 39.0. The summed E-state index contributed by atoms with van der Waals surface area (Å²) in [4.78, 5) is 77.9. The maximum atomic E-state index is 14.6. The van der Waals surface area contributed by atoms with Crippen LogP contribution in [0.5, 0.6) is 0 Å². The Morgan fingerprint density at radius 2 is 1.67 bits per heavy atom. The summed E-state index contributed by atoms with van der Waals surface area (Å²) in [5.74, 6) is -2.36. The second-order valence-corrected chi connectivity index (χ2v) is 15.2. The molecule has 6 rings (SSSR count). The average molecular weight is 769 g/mol. The van der Waals surface area contributed by atoms with Crippen LogP contribution in [0.15, 0.2) is 72.9 Å². The van der Waals surface area contributed by atoms with Crippen molar-refractivity contribution in [2.45, 2.75) is 76.0 Å². The maximum absolute atomic E-state index is 14.6. The third-order valence-electron chi connectivity index (χ3n) is 9.66. The van der Waals surface area contributed by atoms with E-state index in [1.54, 1.807) is 63.2 Å². The van der Waals surface area contributed by atoms with Gasteiger partial charge in [-0.1, -0.05) is 54.1 Å². The Hall–Kier alpha value is -5.18. The number of carbonyl (C=O) groups is 5. The number of ether oxygens (including phenoxy) is 1. The number of nitrogens with one attached hydrogen (secondary N) is 1. The van der Waals surface area contributed by atoms with Crippen LogP contribution in [0.4, 0.5) is 22.8 Å². The number of pyridine rings is 1. The Labute approximate surface area is 315 Å². The number of rotatable bonds is 8. The second kappa shape index (κ2) is 14.9. The van der Waals surface area contributed by atoms with Crippen molar-refractivity contribution >= 4 is 41.4 Å². The number of fused-ring (bicyclic) bond motifs is 2. The van der Waals surface area contributed by atoms with Gasteiger partial charge < -0.3 is 19.9 Å². The van der Waals surface area contributed by atoms with Gasteiger partial charge in [0.05, 0.1) is 13.1 Å². The van der Waals surface area contributed by atoms with Crippen LogP contribution in [0.2, 0.25) is 5.02 Å². The monoisotopic (exact) mass is 768 g/mol. The van der Waals surface area contributed by atoms with Gasteiger partial charge >= 0.3 is 18.3 Å². The number of carbonyl (C=O) groups excluding carboxylic acids is 5. The Bertz CT molecular complexity index is 1920. The van der Waals surface area contributed by atoms with E-state index in [4.69, 9.17) is 16.3 Å². The van der Waals surface area contributed by atoms with Gasteiger partial charge in [0.1, 0.15) is 29.8 Å². The quantitative estimate of drug-likeness (QED) is 0.327. The van der Waals surface area contributed by atoms with Gasteiger partial charge in [-0.2, -0.15) is 13.2 Å². The normalized spacial score (nSPS) is 20.7. The highest BCUT2D eigenvalue weighted by Gasteiger charge is 2.62. The molecule has 0 saturated carbocycles. The lowest BCUT2D eigenvalue weighted by Crippen LogP contribution is -2.67. The summed E-state index contributed by atoms with van der Waals surface area (Å²) in [6.45, 7) is 2.61. The molecule has 2 aromatic carbocycles. The highest BCUT2D eigenvalue weighted by molar-refractivity contribution is 6.30. The van der Waals surface area contributed by atoms with Crippen LogP contribution in [-0.4, -0.2) is 110 Å². The van der Waals surface area contributed by atoms with Crippen LogP contribution in [0.1, 0.15) is 43.2 Å². The number of aromatic nitrogens is 1. The summed E-state index contributed by atoms with van der Waals surface area (Å²) in [6.07, 6.45) is -4.25. The molecule has 1 aromatic heterocycles. The van der Waals surface area contributed by atoms with Gasteiger partial charge in [-0.25, -0.2) is 9.59 Å². The van der Waals surface area contributed by atoms with Crippen molar-refractivity contribution in [3.8, 4) is 0 Å². The summed E-state index contributed by atoms with van der Waals surface area (Å²) in [5.41, 5.74) is -0.102. The van der Waals surface area contributed by atoms with Crippen molar-refractivity contribution in [1.82, 2.24) is 29.9 Å². The summed E-state index contributed by atoms with van der Waals surface area (Å²) in [7, 11) is 0. The lowest BCUT2D eigenvalue weighted by molar-refractivity contribution is -0.157. The molecule has 54 heavy (non-hydrogen) atoms. The second-order valence-electron chi connectivity index (χ2n) is 14.7. The fourth-order valence-electron chi connectivity index (χ4n) is 7.21. The minimum absolute atomic E-state index is 0.0297. The van der Waals surface area contributed by atoms with Gasteiger partial charge in [0, 0.05) is 49.3 Å². The topological polar surface area (TPSA) is 132 Å². The maximum Gasteiger partial charge on any atom is 0.411 e. The number of hydrogen-bond acceptors (Lipinski definition) is 7. The number of alkyl halides is 3. The van der Waals surface area contributed by atoms with Crippen LogP contribution in [0, 0.1) is 0 Å². The van der Waals surface area contributed by atoms with Crippen LogP contribution in [0.25, 0.3) is 0 Å². The molecule has 0 radical (unpaired) electrons. The van der Waals surface area contributed by atoms with E-state index in [0.29, 0.717) is 16.3 Å². The number of nitrogens with zero attached hydrogens (tertiary/aromatic N) is 5. The van der Waals surface area contributed by atoms with Gasteiger partial charge in [-0.05, 0) is 61.7 Å². The van der Waals surface area contributed by atoms with Crippen LogP contribution in [-0.2, 0) is 44.9 Å². The molecule has 12 nitrogen and oxygen atoms in total. The zero-order valence-electron chi connectivity index (χ0n) is 29.9. The third-order valence-corrected chi connectivity index (χ3v) is 9.92. The van der Waals surface area contributed by atoms with Crippen LogP contribution in [0.3, 0.4) is 0 Å². The van der Waals surface area contributed by atoms with E-state index in [1.807, 2.05) is 24.3 Å². The van der Waals surface area contributed by atoms with Crippen molar-refractivity contribution < 1.29 is 41.9 Å². The Kier molecular flexibility index (Phi) is 10.6. The minimum atomic E-state index is -4.86. The Balaban J connectivity index is 1.32. The molecule has 0 aliphatic carbocycles. The Morgan fingerprint density at radius 3 is 2.31 bits per heavy atom. The van der Waals surface area contributed by atoms with Gasteiger partial charge in [0.2, 0.25) is 11.8 Å². The molecule has 1 unspecified atom stereocenters. The van der Waals surface area contributed by atoms with Crippen molar-refractivity contribution in [1.29, 1.82) is 0 Å². The average Bonchev–Trinajstić information content (AvgIpc) is 3.30. The first-order valence-electron chi connectivity index (χ1n) is 17.4. The molecule has 0 bridgehead atoms. The molecule has 3 atom stereocenters. The first kappa shape index (κ1) is 38.5. The largest absolute Gasteiger partial charge is 0.444 e. The van der Waals surface area contributed by atoms with Gasteiger partial charge in [-0.3, -0.25) is 29.2 Å². The number of hydrogen-bond donors (Lipinski definition) is 1. The van der Waals surface area contributed by atoms with E-state index >= 15 is 0 Å². The molecule has 3 aromatic rings. The number of imide groups is 1. The SMILES string of the molecule is CC(C)(C)OC(=O)N1Cc2ccccc2C[C@@H]1C(=O)N[C@H](Cc1ccc(Cl)cc1)C(=O)N1CCN2C(=O)N(CC(F)(F)F)C(=O)C2(Cc2ccccn2)C1. The van der Waals surface area contributed by atoms with E-state index in [0.717, 1.165) is 16.0 Å². The van der Waals surface area contributed by atoms with Crippen LogP contribution >= 0.6 is 11.6 Å². The lowest BCUT2D eigenvalue weighted by Gasteiger charge is -2.45. The first-order valence-corrected chi connectivity index (χ1v) is 17.8. The van der Waals surface area contributed by atoms with Gasteiger partial charge in [0.25, 0.3) is 5.91 Å². The van der Waals surface area contributed by atoms with Crippen molar-refractivity contribution in [2.24, 2.45) is 0 Å². The first-order chi connectivity index (χ1) is 25.4. The molecule has 16 heteroatoms. The van der Waals surface area contributed by atoms with Gasteiger partial charge in [-0.15, -0.1) is 0 Å². The molecule has 4 heterocycles. The molecule has 0 spiro atoms. The lowest BCUT2D eigenvalue weighted by atomic mass is 9.88. The number of urea groups is 1. The van der Waals surface area contributed by atoms with Crippen molar-refractivity contribution in [2.75, 3.05) is 26.2 Å². The smallest absolute Gasteiger partial charge is 0.411 e. The molecule has 2 saturated heterocycles. The van der Waals surface area contributed by atoms with E-state index in [-0.39, 0.29) is 43.8 Å². The molecular weight excluding hydrogens is 729 g/mol. The molecule has 286 valence electrons. The fourth-order valence-corrected chi connectivity index (χ4v) is 7.34. The van der Waals surface area contributed by atoms with Crippen molar-refractivity contribution in [3.63, 3.8) is 0 Å². The van der Waals surface area contributed by atoms with E-state index in [2.05, 4.69) is 10.3 Å². The number of halogens is 4. The predicted octanol–water partition coefficient (Wildman–Crippen LogP) is 4.77. The summed E-state index contributed by atoms with van der Waals surface area (Å²) < 4.78 is 46.5. The minimum Gasteiger partial charge on any atom is -0.444 e. The molecular formula is C38H40ClF3N6O6. The molecule has 2 fully saturated rings. The van der Waals surface area contributed by atoms with Crippen LogP contribution < -0.4 is 5.32 Å². The summed E-state index contributed by atoms with van der Waals surface area (Å²) in [5, 5.41) is 3.30. The van der Waals surface area contributed by atoms with E-state index in [9.17, 15) is 37.1 Å². The van der Waals surface area contributed by atoms with Crippen molar-refractivity contribution in [3.05, 3.63) is 100 Å². The standard InChI is InChI=1S/C38H40ClF3N6O6/c1-36(2,3)54-35(53)46-21-26-9-5-4-8-25(26)19-30(46)31(49)44-29(18-24-11-13-27(39)14-12-24)32(50)45-16-17-48-34(52)47(23-38(40,41)42)33(51)37(48,22-45)20-28-10-6-7-15-43-28/h4-15,29-30H,16-23H2,1-3H3,(H,44,49)/t29-,30-,37?/m1/s1. The molecule has 3 aliphatic heterocycles. The summed E-state index contributed by atoms with van der Waals surface area (Å²) in [6, 6.07) is 15.4. The number of amides is 6. The Morgan fingerprint density at radius 1 is 0.981 bits per heavy atom.